The summed E-state index contributed by atoms with van der Waals surface area (Å²) in [6.45, 7) is 0.185. The molecule has 0 radical (unpaired) electrons. The van der Waals surface area contributed by atoms with Gasteiger partial charge in [0.25, 0.3) is 0 Å². The van der Waals surface area contributed by atoms with Crippen LogP contribution in [0.1, 0.15) is 0 Å². The summed E-state index contributed by atoms with van der Waals surface area (Å²) >= 11 is 7.71. The highest BCUT2D eigenvalue weighted by atomic mass is 35.5. The van der Waals surface area contributed by atoms with Crippen molar-refractivity contribution < 1.29 is 19.0 Å². The molecule has 0 bridgehead atoms. The minimum Gasteiger partial charge on any atom is -0.454 e. The summed E-state index contributed by atoms with van der Waals surface area (Å²) in [5, 5.41) is 2.67. The van der Waals surface area contributed by atoms with E-state index in [1.165, 1.54) is 11.8 Å². The van der Waals surface area contributed by atoms with Crippen molar-refractivity contribution in [3.63, 3.8) is 0 Å². The summed E-state index contributed by atoms with van der Waals surface area (Å²) in [6.07, 6.45) is 0. The maximum atomic E-state index is 12.2. The van der Waals surface area contributed by atoms with Gasteiger partial charge < -0.3 is 14.2 Å². The summed E-state index contributed by atoms with van der Waals surface area (Å²) in [6, 6.07) is 16.7. The Morgan fingerprint density at radius 1 is 1.08 bits per heavy atom. The molecule has 3 aromatic carbocycles. The van der Waals surface area contributed by atoms with Crippen LogP contribution >= 0.6 is 23.4 Å². The minimum absolute atomic E-state index is 0.179. The van der Waals surface area contributed by atoms with Gasteiger partial charge in [-0.3, -0.25) is 4.79 Å². The van der Waals surface area contributed by atoms with Crippen molar-refractivity contribution in [2.75, 3.05) is 12.5 Å². The van der Waals surface area contributed by atoms with Gasteiger partial charge in [-0.1, -0.05) is 35.9 Å². The van der Waals surface area contributed by atoms with E-state index in [9.17, 15) is 4.79 Å². The zero-order valence-electron chi connectivity index (χ0n) is 13.0. The van der Waals surface area contributed by atoms with Crippen molar-refractivity contribution in [3.05, 3.63) is 59.6 Å². The van der Waals surface area contributed by atoms with E-state index in [0.29, 0.717) is 22.3 Å². The van der Waals surface area contributed by atoms with Crippen LogP contribution in [0.2, 0.25) is 5.02 Å². The molecule has 0 spiro atoms. The summed E-state index contributed by atoms with van der Waals surface area (Å²) in [5.41, 5.74) is 0. The Kier molecular flexibility index (Phi) is 4.42. The van der Waals surface area contributed by atoms with E-state index in [-0.39, 0.29) is 18.5 Å². The fourth-order valence-electron chi connectivity index (χ4n) is 2.62. The normalized spacial score (nSPS) is 12.4. The second-order valence-corrected chi connectivity index (χ2v) is 6.80. The highest BCUT2D eigenvalue weighted by molar-refractivity contribution is 8.00. The molecule has 1 aliphatic rings. The second kappa shape index (κ2) is 6.86. The molecule has 4 nitrogen and oxygen atoms in total. The molecule has 0 aromatic heterocycles. The number of thioether (sulfide) groups is 1. The van der Waals surface area contributed by atoms with Gasteiger partial charge in [-0.25, -0.2) is 0 Å². The number of carbonyl (C=O) groups is 1. The molecule has 1 aliphatic heterocycles. The van der Waals surface area contributed by atoms with Crippen molar-refractivity contribution in [2.45, 2.75) is 4.90 Å². The zero-order valence-corrected chi connectivity index (χ0v) is 14.6. The molecule has 0 saturated heterocycles. The molecule has 0 atom stereocenters. The highest BCUT2D eigenvalue weighted by Gasteiger charge is 2.15. The number of rotatable bonds is 4. The Labute approximate surface area is 153 Å². The first-order valence-corrected chi connectivity index (χ1v) is 8.97. The van der Waals surface area contributed by atoms with Gasteiger partial charge in [-0.15, -0.1) is 11.8 Å². The van der Waals surface area contributed by atoms with E-state index in [1.54, 1.807) is 18.2 Å². The molecule has 0 unspecified atom stereocenters. The smallest absolute Gasteiger partial charge is 0.321 e. The van der Waals surface area contributed by atoms with E-state index in [4.69, 9.17) is 25.8 Å². The average molecular weight is 373 g/mol. The lowest BCUT2D eigenvalue weighted by Crippen LogP contribution is -2.10. The van der Waals surface area contributed by atoms with E-state index in [1.807, 2.05) is 36.4 Å². The maximum Gasteiger partial charge on any atom is 0.321 e. The first kappa shape index (κ1) is 16.1. The Balaban J connectivity index is 1.46. The third kappa shape index (κ3) is 3.38. The van der Waals surface area contributed by atoms with Crippen LogP contribution in [0.4, 0.5) is 0 Å². The molecular formula is C19H13ClO4S. The number of esters is 1. The summed E-state index contributed by atoms with van der Waals surface area (Å²) < 4.78 is 15.9. The van der Waals surface area contributed by atoms with Gasteiger partial charge in [0.15, 0.2) is 11.5 Å². The number of ether oxygens (including phenoxy) is 3. The average Bonchev–Trinajstić information content (AvgIpc) is 3.08. The highest BCUT2D eigenvalue weighted by Crippen LogP contribution is 2.36. The molecule has 4 rings (SSSR count). The Hall–Kier alpha value is -2.37. The van der Waals surface area contributed by atoms with E-state index >= 15 is 0 Å². The van der Waals surface area contributed by atoms with E-state index in [2.05, 4.69) is 0 Å². The van der Waals surface area contributed by atoms with Crippen molar-refractivity contribution in [2.24, 2.45) is 0 Å². The van der Waals surface area contributed by atoms with Gasteiger partial charge in [-0.2, -0.15) is 0 Å². The van der Waals surface area contributed by atoms with Crippen LogP contribution in [0.3, 0.4) is 0 Å². The van der Waals surface area contributed by atoms with Crippen LogP contribution in [0.15, 0.2) is 59.5 Å². The lowest BCUT2D eigenvalue weighted by molar-refractivity contribution is -0.131. The molecule has 25 heavy (non-hydrogen) atoms. The first-order valence-electron chi connectivity index (χ1n) is 7.61. The van der Waals surface area contributed by atoms with Gasteiger partial charge in [0, 0.05) is 21.4 Å². The monoisotopic (exact) mass is 372 g/mol. The molecule has 0 aliphatic carbocycles. The number of benzene rings is 3. The van der Waals surface area contributed by atoms with Crippen LogP contribution < -0.4 is 14.2 Å². The molecule has 6 heteroatoms. The fraction of sp³-hybridized carbons (Fsp3) is 0.105. The summed E-state index contributed by atoms with van der Waals surface area (Å²) in [4.78, 5) is 13.1. The fourth-order valence-corrected chi connectivity index (χ4v) is 3.84. The van der Waals surface area contributed by atoms with Gasteiger partial charge in [-0.05, 0) is 29.7 Å². The molecule has 0 fully saturated rings. The number of hydrogen-bond donors (Lipinski definition) is 0. The molecule has 0 saturated carbocycles. The molecule has 126 valence electrons. The van der Waals surface area contributed by atoms with Crippen molar-refractivity contribution in [1.29, 1.82) is 0 Å². The van der Waals surface area contributed by atoms with Gasteiger partial charge in [0.1, 0.15) is 5.75 Å². The number of hydrogen-bond acceptors (Lipinski definition) is 5. The molecule has 0 amide bonds. The number of carbonyl (C=O) groups excluding carboxylic acids is 1. The first-order chi connectivity index (χ1) is 12.2. The SMILES string of the molecule is O=C(CSc1cccc2cccc(Cl)c12)Oc1ccc2c(c1)OCO2. The predicted octanol–water partition coefficient (Wildman–Crippen LogP) is 4.92. The van der Waals surface area contributed by atoms with Crippen LogP contribution in [0.5, 0.6) is 17.2 Å². The topological polar surface area (TPSA) is 44.8 Å². The van der Waals surface area contributed by atoms with Crippen LogP contribution in [-0.2, 0) is 4.79 Å². The van der Waals surface area contributed by atoms with Crippen molar-refractivity contribution in [3.8, 4) is 17.2 Å². The Morgan fingerprint density at radius 2 is 1.88 bits per heavy atom. The Bertz CT molecular complexity index is 952. The number of halogens is 1. The summed E-state index contributed by atoms with van der Waals surface area (Å²) in [5.74, 6) is 1.51. The van der Waals surface area contributed by atoms with Gasteiger partial charge in [0.05, 0.1) is 5.75 Å². The molecule has 0 N–H and O–H groups in total. The predicted molar refractivity (Wildman–Crippen MR) is 97.9 cm³/mol. The number of fused-ring (bicyclic) bond motifs is 2. The van der Waals surface area contributed by atoms with Gasteiger partial charge in [0.2, 0.25) is 6.79 Å². The van der Waals surface area contributed by atoms with Crippen LogP contribution in [0.25, 0.3) is 10.8 Å². The van der Waals surface area contributed by atoms with Crippen LogP contribution in [0, 0.1) is 0 Å². The molecule has 3 aromatic rings. The third-order valence-corrected chi connectivity index (χ3v) is 5.08. The lowest BCUT2D eigenvalue weighted by atomic mass is 10.1. The zero-order chi connectivity index (χ0) is 17.2. The second-order valence-electron chi connectivity index (χ2n) is 5.37. The Morgan fingerprint density at radius 3 is 2.76 bits per heavy atom. The van der Waals surface area contributed by atoms with Gasteiger partial charge >= 0.3 is 5.97 Å². The van der Waals surface area contributed by atoms with Crippen LogP contribution in [-0.4, -0.2) is 18.5 Å². The minimum atomic E-state index is -0.340. The lowest BCUT2D eigenvalue weighted by Gasteiger charge is -2.08. The summed E-state index contributed by atoms with van der Waals surface area (Å²) in [7, 11) is 0. The standard InChI is InChI=1S/C19H13ClO4S/c20-14-5-1-3-12-4-2-6-17(19(12)14)25-10-18(21)24-13-7-8-15-16(9-13)23-11-22-15/h1-9H,10-11H2. The van der Waals surface area contributed by atoms with E-state index < -0.39 is 0 Å². The van der Waals surface area contributed by atoms with Crippen molar-refractivity contribution in [1.82, 2.24) is 0 Å². The van der Waals surface area contributed by atoms with E-state index in [0.717, 1.165) is 15.7 Å². The quantitative estimate of drug-likeness (QED) is 0.369. The largest absolute Gasteiger partial charge is 0.454 e. The molecular weight excluding hydrogens is 360 g/mol. The van der Waals surface area contributed by atoms with Crippen molar-refractivity contribution >= 4 is 40.1 Å². The maximum absolute atomic E-state index is 12.2. The third-order valence-electron chi connectivity index (χ3n) is 3.74. The molecule has 1 heterocycles.